The van der Waals surface area contributed by atoms with Gasteiger partial charge in [-0.25, -0.2) is 9.59 Å². The molecule has 0 radical (unpaired) electrons. The summed E-state index contributed by atoms with van der Waals surface area (Å²) in [4.78, 5) is 36.7. The molecule has 1 N–H and O–H groups in total. The number of esters is 1. The van der Waals surface area contributed by atoms with Gasteiger partial charge in [0.05, 0.1) is 21.3 Å². The van der Waals surface area contributed by atoms with Crippen LogP contribution in [-0.2, 0) is 22.5 Å². The quantitative estimate of drug-likeness (QED) is 0.425. The highest BCUT2D eigenvalue weighted by molar-refractivity contribution is 5.92. The monoisotopic (exact) mass is 439 g/mol. The summed E-state index contributed by atoms with van der Waals surface area (Å²) in [5.74, 6) is 0.240. The van der Waals surface area contributed by atoms with Crippen molar-refractivity contribution in [1.29, 1.82) is 0 Å². The molecular weight excluding hydrogens is 414 g/mol. The molecule has 0 atom stereocenters. The van der Waals surface area contributed by atoms with Gasteiger partial charge in [-0.05, 0) is 48.7 Å². The molecule has 0 aliphatic heterocycles. The maximum absolute atomic E-state index is 12.4. The Morgan fingerprint density at radius 1 is 1.03 bits per heavy atom. The van der Waals surface area contributed by atoms with Gasteiger partial charge in [-0.1, -0.05) is 6.07 Å². The van der Waals surface area contributed by atoms with Gasteiger partial charge in [-0.2, -0.15) is 0 Å². The first-order valence-electron chi connectivity index (χ1n) is 10.00. The molecule has 8 nitrogen and oxygen atoms in total. The van der Waals surface area contributed by atoms with Crippen molar-refractivity contribution >= 4 is 22.8 Å². The lowest BCUT2D eigenvalue weighted by molar-refractivity contribution is -0.121. The number of nitrogens with one attached hydrogen (secondary N) is 1. The Bertz CT molecular complexity index is 1210. The molecule has 1 amide bonds. The number of benzene rings is 2. The van der Waals surface area contributed by atoms with E-state index in [1.54, 1.807) is 37.4 Å². The van der Waals surface area contributed by atoms with Crippen molar-refractivity contribution in [2.24, 2.45) is 0 Å². The van der Waals surface area contributed by atoms with Crippen molar-refractivity contribution in [2.45, 2.75) is 26.3 Å². The van der Waals surface area contributed by atoms with E-state index in [4.69, 9.17) is 18.6 Å². The van der Waals surface area contributed by atoms with Gasteiger partial charge in [0.1, 0.15) is 22.6 Å². The Morgan fingerprint density at radius 2 is 1.81 bits per heavy atom. The third kappa shape index (κ3) is 4.91. The standard InChI is InChI=1S/C24H25NO7/c1-14-17-7-6-16(29-2)12-21(17)32-24(28)18(14)8-10-22(26)25-13-15-5-9-20(30-3)19(11-15)23(27)31-4/h5-7,9,11-12H,8,10,13H2,1-4H3,(H,25,26). The molecule has 1 aromatic heterocycles. The first kappa shape index (κ1) is 22.9. The first-order chi connectivity index (χ1) is 15.4. The highest BCUT2D eigenvalue weighted by Gasteiger charge is 2.15. The minimum absolute atomic E-state index is 0.118. The third-order valence-electron chi connectivity index (χ3n) is 5.26. The molecule has 0 unspecified atom stereocenters. The maximum atomic E-state index is 12.4. The van der Waals surface area contributed by atoms with Gasteiger partial charge in [-0.15, -0.1) is 0 Å². The van der Waals surface area contributed by atoms with Crippen LogP contribution in [0.25, 0.3) is 11.0 Å². The van der Waals surface area contributed by atoms with Crippen LogP contribution < -0.4 is 20.4 Å². The van der Waals surface area contributed by atoms with Crippen LogP contribution in [0, 0.1) is 6.92 Å². The van der Waals surface area contributed by atoms with E-state index in [-0.39, 0.29) is 30.9 Å². The van der Waals surface area contributed by atoms with Crippen molar-refractivity contribution < 1.29 is 28.2 Å². The van der Waals surface area contributed by atoms with Crippen LogP contribution in [0.4, 0.5) is 0 Å². The largest absolute Gasteiger partial charge is 0.497 e. The van der Waals surface area contributed by atoms with Crippen molar-refractivity contribution in [3.63, 3.8) is 0 Å². The van der Waals surface area contributed by atoms with E-state index in [9.17, 15) is 14.4 Å². The third-order valence-corrected chi connectivity index (χ3v) is 5.26. The van der Waals surface area contributed by atoms with Gasteiger partial charge in [0.15, 0.2) is 0 Å². The highest BCUT2D eigenvalue weighted by Crippen LogP contribution is 2.24. The fourth-order valence-corrected chi connectivity index (χ4v) is 3.45. The van der Waals surface area contributed by atoms with E-state index in [0.717, 1.165) is 16.5 Å². The maximum Gasteiger partial charge on any atom is 0.341 e. The zero-order valence-corrected chi connectivity index (χ0v) is 18.4. The number of amides is 1. The van der Waals surface area contributed by atoms with Crippen LogP contribution in [0.3, 0.4) is 0 Å². The number of hydrogen-bond acceptors (Lipinski definition) is 7. The molecule has 0 fully saturated rings. The lowest BCUT2D eigenvalue weighted by Crippen LogP contribution is -2.24. The molecule has 0 saturated carbocycles. The average molecular weight is 439 g/mol. The number of aryl methyl sites for hydroxylation is 1. The predicted molar refractivity (Wildman–Crippen MR) is 118 cm³/mol. The second kappa shape index (κ2) is 10.00. The predicted octanol–water partition coefficient (Wildman–Crippen LogP) is 3.15. The molecule has 3 aromatic rings. The van der Waals surface area contributed by atoms with Gasteiger partial charge in [0, 0.05) is 30.0 Å². The molecule has 0 bridgehead atoms. The topological polar surface area (TPSA) is 104 Å². The van der Waals surface area contributed by atoms with Crippen LogP contribution >= 0.6 is 0 Å². The van der Waals surface area contributed by atoms with Crippen molar-refractivity contribution in [2.75, 3.05) is 21.3 Å². The molecule has 0 aliphatic rings. The van der Waals surface area contributed by atoms with Crippen molar-refractivity contribution in [1.82, 2.24) is 5.32 Å². The van der Waals surface area contributed by atoms with Crippen LogP contribution in [0.2, 0.25) is 0 Å². The van der Waals surface area contributed by atoms with Crippen LogP contribution in [0.15, 0.2) is 45.6 Å². The summed E-state index contributed by atoms with van der Waals surface area (Å²) >= 11 is 0. The second-order valence-corrected chi connectivity index (χ2v) is 7.16. The number of methoxy groups -OCH3 is 3. The molecular formula is C24H25NO7. The summed E-state index contributed by atoms with van der Waals surface area (Å²) in [5, 5.41) is 3.60. The second-order valence-electron chi connectivity index (χ2n) is 7.16. The molecule has 168 valence electrons. The lowest BCUT2D eigenvalue weighted by Gasteiger charge is -2.11. The summed E-state index contributed by atoms with van der Waals surface area (Å²) in [6.45, 7) is 2.06. The molecule has 32 heavy (non-hydrogen) atoms. The molecule has 8 heteroatoms. The Morgan fingerprint density at radius 3 is 2.50 bits per heavy atom. The van der Waals surface area contributed by atoms with Crippen LogP contribution in [0.5, 0.6) is 11.5 Å². The number of hydrogen-bond donors (Lipinski definition) is 1. The van der Waals surface area contributed by atoms with Gasteiger partial charge >= 0.3 is 11.6 Å². The number of carbonyl (C=O) groups is 2. The molecule has 1 heterocycles. The molecule has 3 rings (SSSR count). The van der Waals surface area contributed by atoms with Crippen LogP contribution in [0.1, 0.15) is 33.5 Å². The van der Waals surface area contributed by atoms with E-state index >= 15 is 0 Å². The number of fused-ring (bicyclic) bond motifs is 1. The molecule has 0 aliphatic carbocycles. The molecule has 0 spiro atoms. The smallest absolute Gasteiger partial charge is 0.341 e. The first-order valence-corrected chi connectivity index (χ1v) is 10.00. The number of carbonyl (C=O) groups excluding carboxylic acids is 2. The van der Waals surface area contributed by atoms with E-state index in [2.05, 4.69) is 5.32 Å². The van der Waals surface area contributed by atoms with Gasteiger partial charge in [0.2, 0.25) is 5.91 Å². The van der Waals surface area contributed by atoms with E-state index in [0.29, 0.717) is 22.6 Å². The van der Waals surface area contributed by atoms with Gasteiger partial charge < -0.3 is 23.9 Å². The SMILES string of the molecule is COC(=O)c1cc(CNC(=O)CCc2c(C)c3ccc(OC)cc3oc2=O)ccc1OC. The number of rotatable bonds is 8. The summed E-state index contributed by atoms with van der Waals surface area (Å²) in [6.07, 6.45) is 0.366. The normalized spacial score (nSPS) is 10.6. The lowest BCUT2D eigenvalue weighted by atomic mass is 10.0. The Kier molecular flexibility index (Phi) is 7.14. The Labute approximate surface area is 185 Å². The van der Waals surface area contributed by atoms with Gasteiger partial charge in [-0.3, -0.25) is 4.79 Å². The average Bonchev–Trinajstić information content (AvgIpc) is 2.81. The fraction of sp³-hybridized carbons (Fsp3) is 0.292. The van der Waals surface area contributed by atoms with E-state index in [1.165, 1.54) is 14.2 Å². The van der Waals surface area contributed by atoms with E-state index < -0.39 is 11.6 Å². The number of ether oxygens (including phenoxy) is 3. The van der Waals surface area contributed by atoms with Crippen molar-refractivity contribution in [3.8, 4) is 11.5 Å². The molecule has 2 aromatic carbocycles. The van der Waals surface area contributed by atoms with Gasteiger partial charge in [0.25, 0.3) is 0 Å². The Hall–Kier alpha value is -3.81. The van der Waals surface area contributed by atoms with Crippen molar-refractivity contribution in [3.05, 3.63) is 69.1 Å². The fourth-order valence-electron chi connectivity index (χ4n) is 3.45. The Balaban J connectivity index is 1.67. The molecule has 0 saturated heterocycles. The summed E-state index contributed by atoms with van der Waals surface area (Å²) in [6, 6.07) is 10.3. The zero-order chi connectivity index (χ0) is 23.3. The minimum atomic E-state index is -0.522. The summed E-state index contributed by atoms with van der Waals surface area (Å²) in [5.41, 5.74) is 2.23. The van der Waals surface area contributed by atoms with E-state index in [1.807, 2.05) is 13.0 Å². The highest BCUT2D eigenvalue weighted by atomic mass is 16.5. The summed E-state index contributed by atoms with van der Waals surface area (Å²) in [7, 11) is 4.30. The minimum Gasteiger partial charge on any atom is -0.497 e. The summed E-state index contributed by atoms with van der Waals surface area (Å²) < 4.78 is 20.5. The van der Waals surface area contributed by atoms with Crippen LogP contribution in [-0.4, -0.2) is 33.2 Å². The zero-order valence-electron chi connectivity index (χ0n) is 18.4.